The van der Waals surface area contributed by atoms with Crippen LogP contribution in [0.1, 0.15) is 13.8 Å². The van der Waals surface area contributed by atoms with Crippen molar-refractivity contribution < 1.29 is 17.9 Å². The van der Waals surface area contributed by atoms with E-state index in [9.17, 15) is 8.42 Å². The summed E-state index contributed by atoms with van der Waals surface area (Å²) in [6.07, 6.45) is 1.01. The molecule has 1 aromatic rings. The predicted octanol–water partition coefficient (Wildman–Crippen LogP) is 2.23. The molecule has 0 saturated heterocycles. The van der Waals surface area contributed by atoms with Crippen LogP contribution in [0.4, 0.5) is 0 Å². The zero-order valence-corrected chi connectivity index (χ0v) is 14.0. The number of benzene rings is 1. The highest BCUT2D eigenvalue weighted by Crippen LogP contribution is 2.40. The molecule has 0 fully saturated rings. The Bertz CT molecular complexity index is 614. The number of hydrogen-bond donors (Lipinski definition) is 0. The van der Waals surface area contributed by atoms with Crippen LogP contribution in [-0.4, -0.2) is 51.9 Å². The molecule has 0 spiro atoms. The Kier molecular flexibility index (Phi) is 5.01. The van der Waals surface area contributed by atoms with Crippen molar-refractivity contribution in [3.63, 3.8) is 0 Å². The van der Waals surface area contributed by atoms with Crippen LogP contribution >= 0.6 is 11.6 Å². The molecule has 0 saturated carbocycles. The van der Waals surface area contributed by atoms with Gasteiger partial charge in [-0.3, -0.25) is 0 Å². The first-order valence-corrected chi connectivity index (χ1v) is 9.17. The van der Waals surface area contributed by atoms with Crippen molar-refractivity contribution in [2.45, 2.75) is 24.8 Å². The van der Waals surface area contributed by atoms with Gasteiger partial charge in [0.2, 0.25) is 0 Å². The van der Waals surface area contributed by atoms with Gasteiger partial charge in [0.1, 0.15) is 12.7 Å². The molecule has 1 aromatic carbocycles. The van der Waals surface area contributed by atoms with Gasteiger partial charge in [0.15, 0.2) is 21.3 Å². The fraction of sp³-hybridized carbons (Fsp3) is 0.571. The van der Waals surface area contributed by atoms with Crippen LogP contribution in [0.5, 0.6) is 11.5 Å². The molecule has 7 heteroatoms. The number of likely N-dealkylation sites (N-methyl/N-ethyl adjacent to an activating group) is 1. The fourth-order valence-corrected chi connectivity index (χ4v) is 3.22. The van der Waals surface area contributed by atoms with Crippen molar-refractivity contribution >= 4 is 21.4 Å². The van der Waals surface area contributed by atoms with Crippen molar-refractivity contribution in [3.05, 3.63) is 17.2 Å². The van der Waals surface area contributed by atoms with E-state index in [1.807, 2.05) is 0 Å². The number of rotatable bonds is 5. The van der Waals surface area contributed by atoms with Gasteiger partial charge < -0.3 is 14.4 Å². The van der Waals surface area contributed by atoms with Crippen molar-refractivity contribution in [2.75, 3.05) is 32.5 Å². The Morgan fingerprint density at radius 2 is 2.00 bits per heavy atom. The van der Waals surface area contributed by atoms with E-state index < -0.39 is 9.84 Å². The number of hydrogen-bond acceptors (Lipinski definition) is 5. The Morgan fingerprint density at radius 1 is 1.33 bits per heavy atom. The minimum absolute atomic E-state index is 0.136. The van der Waals surface area contributed by atoms with E-state index in [1.54, 1.807) is 0 Å². The fourth-order valence-electron chi connectivity index (χ4n) is 2.24. The zero-order chi connectivity index (χ0) is 15.6. The summed E-state index contributed by atoms with van der Waals surface area (Å²) in [5.41, 5.74) is 0. The van der Waals surface area contributed by atoms with Crippen LogP contribution in [0, 0.1) is 0 Å². The second kappa shape index (κ2) is 6.42. The molecule has 0 radical (unpaired) electrons. The van der Waals surface area contributed by atoms with E-state index in [1.165, 1.54) is 12.1 Å². The molecular weight excluding hydrogens is 314 g/mol. The highest BCUT2D eigenvalue weighted by molar-refractivity contribution is 7.90. The Hall–Kier alpha value is -0.980. The summed E-state index contributed by atoms with van der Waals surface area (Å²) in [5, 5.41) is 0.259. The van der Waals surface area contributed by atoms with Gasteiger partial charge >= 0.3 is 0 Å². The molecule has 2 rings (SSSR count). The maximum atomic E-state index is 11.7. The summed E-state index contributed by atoms with van der Waals surface area (Å²) in [6, 6.07) is 2.87. The molecule has 21 heavy (non-hydrogen) atoms. The van der Waals surface area contributed by atoms with E-state index in [-0.39, 0.29) is 16.0 Å². The van der Waals surface area contributed by atoms with Gasteiger partial charge in [-0.1, -0.05) is 25.4 Å². The third-order valence-electron chi connectivity index (χ3n) is 3.47. The van der Waals surface area contributed by atoms with Gasteiger partial charge in [-0.25, -0.2) is 8.42 Å². The minimum atomic E-state index is -3.34. The molecule has 0 aliphatic carbocycles. The molecule has 0 unspecified atom stereocenters. The van der Waals surface area contributed by atoms with Gasteiger partial charge in [-0.2, -0.15) is 0 Å². The lowest BCUT2D eigenvalue weighted by molar-refractivity contribution is 0.0613. The van der Waals surface area contributed by atoms with Gasteiger partial charge in [0, 0.05) is 18.9 Å². The number of sulfone groups is 1. The van der Waals surface area contributed by atoms with Gasteiger partial charge in [0.05, 0.1) is 9.92 Å². The molecule has 0 bridgehead atoms. The van der Waals surface area contributed by atoms with Crippen molar-refractivity contribution in [2.24, 2.45) is 0 Å². The van der Waals surface area contributed by atoms with Gasteiger partial charge in [-0.05, 0) is 19.2 Å². The van der Waals surface area contributed by atoms with Crippen LogP contribution < -0.4 is 9.47 Å². The topological polar surface area (TPSA) is 55.8 Å². The summed E-state index contributed by atoms with van der Waals surface area (Å²) in [7, 11) is -3.34. The quantitative estimate of drug-likeness (QED) is 0.827. The highest BCUT2D eigenvalue weighted by atomic mass is 35.5. The number of fused-ring (bicyclic) bond motifs is 1. The molecule has 1 heterocycles. The number of halogens is 1. The smallest absolute Gasteiger partial charge is 0.180 e. The number of ether oxygens (including phenoxy) is 2. The molecule has 118 valence electrons. The summed E-state index contributed by atoms with van der Waals surface area (Å²) in [4.78, 5) is 2.36. The predicted molar refractivity (Wildman–Crippen MR) is 82.3 cm³/mol. The third kappa shape index (κ3) is 3.81. The van der Waals surface area contributed by atoms with E-state index in [2.05, 4.69) is 18.7 Å². The monoisotopic (exact) mass is 333 g/mol. The lowest BCUT2D eigenvalue weighted by Crippen LogP contribution is -2.41. The van der Waals surface area contributed by atoms with Crippen molar-refractivity contribution in [3.8, 4) is 11.5 Å². The molecular formula is C14H20ClNO4S. The van der Waals surface area contributed by atoms with Crippen molar-refractivity contribution in [1.82, 2.24) is 4.90 Å². The van der Waals surface area contributed by atoms with E-state index >= 15 is 0 Å². The van der Waals surface area contributed by atoms with E-state index in [0.29, 0.717) is 18.1 Å². The minimum Gasteiger partial charge on any atom is -0.484 e. The largest absolute Gasteiger partial charge is 0.484 e. The zero-order valence-electron chi connectivity index (χ0n) is 12.4. The SMILES string of the molecule is CCN(CC)C[C@H]1COc2c(Cl)cc(S(C)(=O)=O)cc2O1. The van der Waals surface area contributed by atoms with Crippen LogP contribution in [0.2, 0.25) is 5.02 Å². The second-order valence-corrected chi connectivity index (χ2v) is 7.46. The molecule has 1 aliphatic rings. The van der Waals surface area contributed by atoms with E-state index in [4.69, 9.17) is 21.1 Å². The van der Waals surface area contributed by atoms with Gasteiger partial charge in [-0.15, -0.1) is 0 Å². The molecule has 5 nitrogen and oxygen atoms in total. The average Bonchev–Trinajstić information content (AvgIpc) is 2.43. The Labute approximate surface area is 130 Å². The Morgan fingerprint density at radius 3 is 2.57 bits per heavy atom. The molecule has 1 aliphatic heterocycles. The van der Waals surface area contributed by atoms with Crippen LogP contribution in [0.25, 0.3) is 0 Å². The maximum absolute atomic E-state index is 11.7. The standard InChI is InChI=1S/C14H20ClNO4S/c1-4-16(5-2)8-10-9-19-14-12(15)6-11(21(3,17)18)7-13(14)20-10/h6-7,10H,4-5,8-9H2,1-3H3/t10-/m0/s1. The first kappa shape index (κ1) is 16.4. The lowest BCUT2D eigenvalue weighted by atomic mass is 10.2. The number of nitrogens with zero attached hydrogens (tertiary/aromatic N) is 1. The second-order valence-electron chi connectivity index (χ2n) is 5.04. The normalized spacial score (nSPS) is 18.0. The molecule has 0 amide bonds. The van der Waals surface area contributed by atoms with Crippen LogP contribution in [0.15, 0.2) is 17.0 Å². The first-order chi connectivity index (χ1) is 9.85. The van der Waals surface area contributed by atoms with E-state index in [0.717, 1.165) is 25.9 Å². The molecule has 0 aromatic heterocycles. The molecule has 0 N–H and O–H groups in total. The summed E-state index contributed by atoms with van der Waals surface area (Å²) in [6.45, 7) is 7.15. The Balaban J connectivity index is 2.25. The average molecular weight is 334 g/mol. The van der Waals surface area contributed by atoms with Crippen LogP contribution in [0.3, 0.4) is 0 Å². The van der Waals surface area contributed by atoms with Crippen LogP contribution in [-0.2, 0) is 9.84 Å². The highest BCUT2D eigenvalue weighted by Gasteiger charge is 2.26. The first-order valence-electron chi connectivity index (χ1n) is 6.90. The lowest BCUT2D eigenvalue weighted by Gasteiger charge is -2.31. The summed E-state index contributed by atoms with van der Waals surface area (Å²) in [5.74, 6) is 0.811. The maximum Gasteiger partial charge on any atom is 0.180 e. The third-order valence-corrected chi connectivity index (χ3v) is 4.85. The summed E-state index contributed by atoms with van der Waals surface area (Å²) < 4.78 is 34.8. The molecule has 1 atom stereocenters. The van der Waals surface area contributed by atoms with Crippen molar-refractivity contribution in [1.29, 1.82) is 0 Å². The summed E-state index contributed by atoms with van der Waals surface area (Å²) >= 11 is 6.08. The van der Waals surface area contributed by atoms with Gasteiger partial charge in [0.25, 0.3) is 0 Å².